The molecule has 1 aliphatic rings. The average Bonchev–Trinajstić information content (AvgIpc) is 3.67. The fraction of sp³-hybridized carbons (Fsp3) is 0.393. The van der Waals surface area contributed by atoms with Crippen LogP contribution in [0, 0.1) is 5.82 Å². The zero-order valence-electron chi connectivity index (χ0n) is 23.7. The van der Waals surface area contributed by atoms with E-state index in [1.165, 1.54) is 36.3 Å². The van der Waals surface area contributed by atoms with Gasteiger partial charge in [-0.2, -0.15) is 13.2 Å². The van der Waals surface area contributed by atoms with E-state index in [1.54, 1.807) is 33.2 Å². The zero-order valence-corrected chi connectivity index (χ0v) is 24.6. The summed E-state index contributed by atoms with van der Waals surface area (Å²) in [6.45, 7) is 6.67. The second-order valence-corrected chi connectivity index (χ2v) is 14.0. The van der Waals surface area contributed by atoms with Gasteiger partial charge in [0.15, 0.2) is 11.5 Å². The molecule has 1 N–H and O–H groups in total. The molecule has 1 aromatic carbocycles. The maximum atomic E-state index is 15.3. The van der Waals surface area contributed by atoms with Gasteiger partial charge >= 0.3 is 6.18 Å². The molecule has 5 rings (SSSR count). The predicted octanol–water partition coefficient (Wildman–Crippen LogP) is 6.28. The number of ether oxygens (including phenoxy) is 1. The highest BCUT2D eigenvalue weighted by Gasteiger charge is 2.36. The molecule has 0 spiro atoms. The van der Waals surface area contributed by atoms with Crippen molar-refractivity contribution in [1.82, 2.24) is 29.5 Å². The van der Waals surface area contributed by atoms with Gasteiger partial charge in [0.1, 0.15) is 36.5 Å². The van der Waals surface area contributed by atoms with Crippen LogP contribution in [-0.4, -0.2) is 49.9 Å². The minimum atomic E-state index is -4.66. The van der Waals surface area contributed by atoms with Crippen LogP contribution in [-0.2, 0) is 17.3 Å². The molecule has 4 aromatic rings. The van der Waals surface area contributed by atoms with Gasteiger partial charge < -0.3 is 19.2 Å². The van der Waals surface area contributed by atoms with Crippen LogP contribution in [0.2, 0.25) is 0 Å². The Morgan fingerprint density at radius 2 is 1.88 bits per heavy atom. The van der Waals surface area contributed by atoms with Crippen molar-refractivity contribution in [2.75, 3.05) is 25.8 Å². The first-order valence-electron chi connectivity index (χ1n) is 13.3. The topological polar surface area (TPSA) is 108 Å². The van der Waals surface area contributed by atoms with Gasteiger partial charge in [0, 0.05) is 30.9 Å². The van der Waals surface area contributed by atoms with Crippen LogP contribution in [0.1, 0.15) is 55.6 Å². The molecule has 1 fully saturated rings. The van der Waals surface area contributed by atoms with Gasteiger partial charge in [0.25, 0.3) is 0 Å². The van der Waals surface area contributed by atoms with Crippen LogP contribution >= 0.6 is 7.14 Å². The summed E-state index contributed by atoms with van der Waals surface area (Å²) >= 11 is 0. The summed E-state index contributed by atoms with van der Waals surface area (Å²) in [6, 6.07) is 3.85. The first kappa shape index (κ1) is 29.6. The van der Waals surface area contributed by atoms with E-state index in [0.717, 1.165) is 24.7 Å². The Bertz CT molecular complexity index is 1680. The molecule has 14 heteroatoms. The van der Waals surface area contributed by atoms with Crippen LogP contribution in [0.5, 0.6) is 5.88 Å². The number of methoxy groups -OCH3 is 1. The van der Waals surface area contributed by atoms with Crippen molar-refractivity contribution in [2.24, 2.45) is 0 Å². The highest BCUT2D eigenvalue weighted by atomic mass is 31.2. The van der Waals surface area contributed by atoms with Crippen molar-refractivity contribution >= 4 is 18.3 Å². The third kappa shape index (κ3) is 6.01. The van der Waals surface area contributed by atoms with Crippen molar-refractivity contribution in [3.63, 3.8) is 0 Å². The second-order valence-electron chi connectivity index (χ2n) is 10.8. The predicted molar refractivity (Wildman–Crippen MR) is 151 cm³/mol. The molecule has 0 bridgehead atoms. The number of benzene rings is 1. The summed E-state index contributed by atoms with van der Waals surface area (Å²) in [7, 11) is -1.34. The van der Waals surface area contributed by atoms with E-state index in [1.807, 2.05) is 0 Å². The highest BCUT2D eigenvalue weighted by Crippen LogP contribution is 2.45. The Hall–Kier alpha value is -3.86. The molecule has 0 atom stereocenters. The summed E-state index contributed by atoms with van der Waals surface area (Å²) < 4.78 is 75.2. The van der Waals surface area contributed by atoms with Gasteiger partial charge in [-0.25, -0.2) is 29.3 Å². The lowest BCUT2D eigenvalue weighted by molar-refractivity contribution is -0.140. The van der Waals surface area contributed by atoms with Crippen LogP contribution in [0.25, 0.3) is 22.8 Å². The van der Waals surface area contributed by atoms with E-state index in [4.69, 9.17) is 4.74 Å². The zero-order chi connectivity index (χ0) is 30.4. The van der Waals surface area contributed by atoms with E-state index in [0.29, 0.717) is 34.0 Å². The number of rotatable bonds is 9. The van der Waals surface area contributed by atoms with Crippen molar-refractivity contribution in [3.8, 4) is 28.7 Å². The van der Waals surface area contributed by atoms with Crippen LogP contribution < -0.4 is 15.4 Å². The van der Waals surface area contributed by atoms with Crippen molar-refractivity contribution in [2.45, 2.75) is 51.4 Å². The van der Waals surface area contributed by atoms with Crippen molar-refractivity contribution < 1.29 is 26.9 Å². The number of hydrogen-bond donors (Lipinski definition) is 1. The van der Waals surface area contributed by atoms with E-state index in [9.17, 15) is 17.7 Å². The lowest BCUT2D eigenvalue weighted by atomic mass is 10.1. The first-order chi connectivity index (χ1) is 19.8. The molecule has 1 saturated carbocycles. The summed E-state index contributed by atoms with van der Waals surface area (Å²) in [5, 5.41) is 3.56. The number of nitrogens with one attached hydrogen (secondary N) is 1. The molecule has 0 saturated heterocycles. The van der Waals surface area contributed by atoms with E-state index >= 15 is 4.39 Å². The van der Waals surface area contributed by atoms with Crippen LogP contribution in [0.3, 0.4) is 0 Å². The molecule has 0 radical (unpaired) electrons. The molecule has 3 aromatic heterocycles. The Morgan fingerprint density at radius 3 is 2.48 bits per heavy atom. The first-order valence-corrected chi connectivity index (χ1v) is 15.9. The lowest BCUT2D eigenvalue weighted by Gasteiger charge is -2.17. The maximum absolute atomic E-state index is 15.3. The van der Waals surface area contributed by atoms with Gasteiger partial charge in [0.2, 0.25) is 5.88 Å². The molecular formula is C28H30F4N7O2P. The smallest absolute Gasteiger partial charge is 0.434 e. The summed E-state index contributed by atoms with van der Waals surface area (Å²) in [5.41, 5.74) is 0.694. The lowest BCUT2D eigenvalue weighted by Crippen LogP contribution is -2.17. The SMILES string of the molecule is COc1ncnc(C2CC2)c1-c1ncc(P(C)(C)=O)c(NCc2ccc(-c3nc(C(F)(F)F)cn3C(C)C)c(F)c2)n1. The molecule has 0 aliphatic heterocycles. The quantitative estimate of drug-likeness (QED) is 0.176. The fourth-order valence-electron chi connectivity index (χ4n) is 4.59. The van der Waals surface area contributed by atoms with Crippen molar-refractivity contribution in [3.05, 3.63) is 59.7 Å². The van der Waals surface area contributed by atoms with Gasteiger partial charge in [-0.3, -0.25) is 0 Å². The van der Waals surface area contributed by atoms with Crippen LogP contribution in [0.4, 0.5) is 23.4 Å². The number of aromatic nitrogens is 6. The minimum absolute atomic E-state index is 0.0524. The summed E-state index contributed by atoms with van der Waals surface area (Å²) in [6.07, 6.45) is 1.13. The number of imidazole rings is 1. The normalized spacial score (nSPS) is 14.0. The monoisotopic (exact) mass is 603 g/mol. The Morgan fingerprint density at radius 1 is 1.14 bits per heavy atom. The number of halogens is 4. The molecule has 1 aliphatic carbocycles. The maximum Gasteiger partial charge on any atom is 0.434 e. The molecule has 0 unspecified atom stereocenters. The molecule has 9 nitrogen and oxygen atoms in total. The Balaban J connectivity index is 1.47. The number of anilines is 1. The van der Waals surface area contributed by atoms with Gasteiger partial charge in [-0.15, -0.1) is 0 Å². The van der Waals surface area contributed by atoms with Crippen molar-refractivity contribution in [1.29, 1.82) is 0 Å². The molecule has 0 amide bonds. The third-order valence-corrected chi connectivity index (χ3v) is 8.37. The Kier molecular flexibility index (Phi) is 7.82. The van der Waals surface area contributed by atoms with Gasteiger partial charge in [0.05, 0.1) is 23.7 Å². The highest BCUT2D eigenvalue weighted by molar-refractivity contribution is 7.70. The number of alkyl halides is 3. The Labute approximate surface area is 240 Å². The van der Waals surface area contributed by atoms with E-state index < -0.39 is 24.8 Å². The number of hydrogen-bond acceptors (Lipinski definition) is 8. The largest absolute Gasteiger partial charge is 0.480 e. The molecule has 3 heterocycles. The van der Waals surface area contributed by atoms with E-state index in [2.05, 4.69) is 30.2 Å². The van der Waals surface area contributed by atoms with Gasteiger partial charge in [-0.1, -0.05) is 6.07 Å². The number of nitrogens with zero attached hydrogens (tertiary/aromatic N) is 6. The van der Waals surface area contributed by atoms with E-state index in [-0.39, 0.29) is 29.9 Å². The average molecular weight is 604 g/mol. The fourth-order valence-corrected chi connectivity index (χ4v) is 5.57. The third-order valence-electron chi connectivity index (χ3n) is 6.89. The second kappa shape index (κ2) is 11.1. The standard InChI is InChI=1S/C28H30F4N7O2P/c1-15(2)39-13-21(28(30,31)32)37-26(39)18-9-6-16(10-19(18)29)11-33-24-20(42(4,5)40)12-34-25(38-24)22-23(17-7-8-17)35-14-36-27(22)41-3/h6,9-10,12-15,17H,7-8,11H2,1-5H3,(H,33,34,38). The molecule has 222 valence electrons. The minimum Gasteiger partial charge on any atom is -0.480 e. The molecular weight excluding hydrogens is 573 g/mol. The van der Waals surface area contributed by atoms with Crippen LogP contribution in [0.15, 0.2) is 36.9 Å². The summed E-state index contributed by atoms with van der Waals surface area (Å²) in [4.78, 5) is 21.5. The summed E-state index contributed by atoms with van der Waals surface area (Å²) in [5.74, 6) is 0.344. The molecule has 42 heavy (non-hydrogen) atoms. The van der Waals surface area contributed by atoms with Gasteiger partial charge in [-0.05, 0) is 57.7 Å².